The van der Waals surface area contributed by atoms with Crippen molar-refractivity contribution < 1.29 is 5.11 Å². The van der Waals surface area contributed by atoms with E-state index in [4.69, 9.17) is 0 Å². The molecule has 0 amide bonds. The van der Waals surface area contributed by atoms with Gasteiger partial charge in [-0.1, -0.05) is 25.7 Å². The minimum Gasteiger partial charge on any atom is -0.508 e. The molecule has 24 heavy (non-hydrogen) atoms. The standard InChI is InChI=1S/C19H22N4O/c1-3-17(24)10-6-4-5-8-15(2)18-11-13-21-19(23-18)22-16-9-7-12-20-14-16/h3-5,7,9-15,24H,1,6,8H2,2H3,(H,21,22,23)/b5-4-,17-10+. The van der Waals surface area contributed by atoms with Crippen LogP contribution in [0, 0.1) is 0 Å². The summed E-state index contributed by atoms with van der Waals surface area (Å²) < 4.78 is 0. The number of nitrogens with zero attached hydrogens (tertiary/aromatic N) is 3. The highest BCUT2D eigenvalue weighted by Gasteiger charge is 2.07. The third-order valence-corrected chi connectivity index (χ3v) is 3.43. The van der Waals surface area contributed by atoms with Gasteiger partial charge in [0, 0.05) is 24.0 Å². The molecule has 2 rings (SSSR count). The van der Waals surface area contributed by atoms with Gasteiger partial charge < -0.3 is 10.4 Å². The number of nitrogens with one attached hydrogen (secondary N) is 1. The van der Waals surface area contributed by atoms with E-state index in [2.05, 4.69) is 39.8 Å². The van der Waals surface area contributed by atoms with Crippen molar-refractivity contribution in [2.45, 2.75) is 25.7 Å². The van der Waals surface area contributed by atoms with E-state index in [0.717, 1.165) is 17.8 Å². The summed E-state index contributed by atoms with van der Waals surface area (Å²) in [4.78, 5) is 12.9. The second-order valence-corrected chi connectivity index (χ2v) is 5.35. The van der Waals surface area contributed by atoms with Crippen molar-refractivity contribution in [3.63, 3.8) is 0 Å². The van der Waals surface area contributed by atoms with Gasteiger partial charge in [0.1, 0.15) is 5.76 Å². The Balaban J connectivity index is 1.92. The first-order valence-electron chi connectivity index (χ1n) is 7.85. The maximum atomic E-state index is 9.28. The molecule has 0 aliphatic heterocycles. The predicted octanol–water partition coefficient (Wildman–Crippen LogP) is 4.68. The summed E-state index contributed by atoms with van der Waals surface area (Å²) in [6.45, 7) is 5.62. The van der Waals surface area contributed by atoms with E-state index >= 15 is 0 Å². The van der Waals surface area contributed by atoms with E-state index in [1.54, 1.807) is 24.7 Å². The molecule has 0 aliphatic carbocycles. The largest absolute Gasteiger partial charge is 0.508 e. The van der Waals surface area contributed by atoms with Gasteiger partial charge in [0.25, 0.3) is 0 Å². The zero-order chi connectivity index (χ0) is 17.2. The molecule has 124 valence electrons. The third-order valence-electron chi connectivity index (χ3n) is 3.43. The molecule has 0 spiro atoms. The minimum atomic E-state index is 0.203. The summed E-state index contributed by atoms with van der Waals surface area (Å²) in [5.41, 5.74) is 1.83. The number of aliphatic hydroxyl groups excluding tert-OH is 1. The van der Waals surface area contributed by atoms with Crippen LogP contribution in [0.25, 0.3) is 0 Å². The SMILES string of the molecule is C=C/C(O)=C\C/C=C\CC(C)c1ccnc(Nc2cccnc2)n1. The van der Waals surface area contributed by atoms with Gasteiger partial charge in [-0.25, -0.2) is 9.97 Å². The molecule has 2 aromatic heterocycles. The average molecular weight is 322 g/mol. The predicted molar refractivity (Wildman–Crippen MR) is 97.2 cm³/mol. The van der Waals surface area contributed by atoms with Gasteiger partial charge >= 0.3 is 0 Å². The molecular weight excluding hydrogens is 300 g/mol. The second-order valence-electron chi connectivity index (χ2n) is 5.35. The normalized spacial score (nSPS) is 13.0. The number of hydrogen-bond donors (Lipinski definition) is 2. The summed E-state index contributed by atoms with van der Waals surface area (Å²) in [6.07, 6.45) is 14.0. The Morgan fingerprint density at radius 2 is 2.21 bits per heavy atom. The van der Waals surface area contributed by atoms with Gasteiger partial charge in [0.15, 0.2) is 0 Å². The lowest BCUT2D eigenvalue weighted by Gasteiger charge is -2.10. The van der Waals surface area contributed by atoms with Crippen LogP contribution in [0.5, 0.6) is 0 Å². The van der Waals surface area contributed by atoms with Crippen LogP contribution in [0.2, 0.25) is 0 Å². The summed E-state index contributed by atoms with van der Waals surface area (Å²) >= 11 is 0. The van der Waals surface area contributed by atoms with Gasteiger partial charge in [-0.2, -0.15) is 0 Å². The Morgan fingerprint density at radius 3 is 2.96 bits per heavy atom. The maximum Gasteiger partial charge on any atom is 0.227 e. The van der Waals surface area contributed by atoms with Crippen LogP contribution < -0.4 is 5.32 Å². The molecule has 5 heteroatoms. The topological polar surface area (TPSA) is 70.9 Å². The Kier molecular flexibility index (Phi) is 6.71. The molecule has 0 bridgehead atoms. The number of anilines is 2. The van der Waals surface area contributed by atoms with E-state index in [9.17, 15) is 5.11 Å². The maximum absolute atomic E-state index is 9.28. The fourth-order valence-corrected chi connectivity index (χ4v) is 2.06. The third kappa shape index (κ3) is 5.68. The first kappa shape index (κ1) is 17.4. The van der Waals surface area contributed by atoms with Gasteiger partial charge in [-0.3, -0.25) is 4.98 Å². The van der Waals surface area contributed by atoms with Crippen molar-refractivity contribution in [1.82, 2.24) is 15.0 Å². The van der Waals surface area contributed by atoms with Crippen molar-refractivity contribution in [3.05, 3.63) is 79.1 Å². The van der Waals surface area contributed by atoms with Gasteiger partial charge in [0.05, 0.1) is 11.9 Å². The number of aliphatic hydroxyl groups is 1. The Morgan fingerprint density at radius 1 is 1.33 bits per heavy atom. The van der Waals surface area contributed by atoms with Crippen LogP contribution in [0.15, 0.2) is 73.4 Å². The summed E-state index contributed by atoms with van der Waals surface area (Å²) in [7, 11) is 0. The minimum absolute atomic E-state index is 0.203. The molecule has 0 aromatic carbocycles. The highest BCUT2D eigenvalue weighted by molar-refractivity contribution is 5.51. The lowest BCUT2D eigenvalue weighted by Crippen LogP contribution is -2.02. The molecule has 0 aliphatic rings. The number of hydrogen-bond acceptors (Lipinski definition) is 5. The van der Waals surface area contributed by atoms with E-state index in [0.29, 0.717) is 12.4 Å². The van der Waals surface area contributed by atoms with Crippen molar-refractivity contribution >= 4 is 11.6 Å². The number of aromatic nitrogens is 3. The average Bonchev–Trinajstić information content (AvgIpc) is 2.62. The zero-order valence-corrected chi connectivity index (χ0v) is 13.8. The van der Waals surface area contributed by atoms with Crippen LogP contribution in [-0.4, -0.2) is 20.1 Å². The number of rotatable bonds is 8. The highest BCUT2D eigenvalue weighted by atomic mass is 16.3. The molecule has 0 radical (unpaired) electrons. The van der Waals surface area contributed by atoms with Crippen molar-refractivity contribution in [2.75, 3.05) is 5.32 Å². The molecule has 2 heterocycles. The van der Waals surface area contributed by atoms with Crippen molar-refractivity contribution in [1.29, 1.82) is 0 Å². The van der Waals surface area contributed by atoms with E-state index in [-0.39, 0.29) is 11.7 Å². The molecule has 1 unspecified atom stereocenters. The Labute approximate surface area is 142 Å². The van der Waals surface area contributed by atoms with Gasteiger partial charge in [0.2, 0.25) is 5.95 Å². The summed E-state index contributed by atoms with van der Waals surface area (Å²) in [5, 5.41) is 12.4. The van der Waals surface area contributed by atoms with Crippen LogP contribution in [0.3, 0.4) is 0 Å². The molecule has 5 nitrogen and oxygen atoms in total. The smallest absolute Gasteiger partial charge is 0.227 e. The molecule has 1 atom stereocenters. The van der Waals surface area contributed by atoms with E-state index in [1.807, 2.05) is 24.3 Å². The summed E-state index contributed by atoms with van der Waals surface area (Å²) in [6, 6.07) is 5.70. The molecular formula is C19H22N4O. The van der Waals surface area contributed by atoms with E-state index in [1.165, 1.54) is 6.08 Å². The Bertz CT molecular complexity index is 710. The van der Waals surface area contributed by atoms with Crippen LogP contribution in [-0.2, 0) is 0 Å². The lowest BCUT2D eigenvalue weighted by atomic mass is 10.0. The molecule has 0 saturated heterocycles. The second kappa shape index (κ2) is 9.25. The fourth-order valence-electron chi connectivity index (χ4n) is 2.06. The molecule has 0 fully saturated rings. The van der Waals surface area contributed by atoms with Crippen LogP contribution in [0.1, 0.15) is 31.4 Å². The monoisotopic (exact) mass is 322 g/mol. The van der Waals surface area contributed by atoms with E-state index < -0.39 is 0 Å². The molecule has 2 N–H and O–H groups in total. The first-order chi connectivity index (χ1) is 11.7. The van der Waals surface area contributed by atoms with Crippen molar-refractivity contribution in [2.24, 2.45) is 0 Å². The quantitative estimate of drug-likeness (QED) is 0.419. The van der Waals surface area contributed by atoms with Gasteiger partial charge in [-0.05, 0) is 43.2 Å². The molecule has 0 saturated carbocycles. The zero-order valence-electron chi connectivity index (χ0n) is 13.8. The van der Waals surface area contributed by atoms with Crippen LogP contribution in [0.4, 0.5) is 11.6 Å². The number of pyridine rings is 1. The fraction of sp³-hybridized carbons (Fsp3) is 0.211. The first-order valence-corrected chi connectivity index (χ1v) is 7.85. The van der Waals surface area contributed by atoms with Crippen molar-refractivity contribution in [3.8, 4) is 0 Å². The van der Waals surface area contributed by atoms with Crippen LogP contribution >= 0.6 is 0 Å². The number of allylic oxidation sites excluding steroid dienone is 4. The lowest BCUT2D eigenvalue weighted by molar-refractivity contribution is 0.431. The summed E-state index contributed by atoms with van der Waals surface area (Å²) in [5.74, 6) is 1.04. The van der Waals surface area contributed by atoms with Gasteiger partial charge in [-0.15, -0.1) is 0 Å². The highest BCUT2D eigenvalue weighted by Crippen LogP contribution is 2.19. The Hall–Kier alpha value is -2.95. The molecule has 2 aromatic rings.